The number of carbonyl (C=O) groups excluding carboxylic acids is 1. The SMILES string of the molecule is COC(=O)c1cc(-c2ccn(C)n2)c2nc(CN3CCC(c4cccc(OCc5ccc(C#N)cc5F)n4)CC3)n(C[C@@H]3CCO3)c2c1. The Morgan fingerprint density at radius 3 is 2.62 bits per heavy atom. The number of aromatic nitrogens is 5. The molecular formula is C36H36FN7O4. The van der Waals surface area contributed by atoms with Crippen LogP contribution in [0.1, 0.15) is 58.2 Å². The average Bonchev–Trinajstić information content (AvgIpc) is 3.68. The topological polar surface area (TPSA) is 120 Å². The molecule has 12 heteroatoms. The Morgan fingerprint density at radius 2 is 1.94 bits per heavy atom. The van der Waals surface area contributed by atoms with Crippen molar-refractivity contribution in [3.8, 4) is 23.2 Å². The molecular weight excluding hydrogens is 613 g/mol. The fourth-order valence-electron chi connectivity index (χ4n) is 6.43. The first kappa shape index (κ1) is 31.5. The highest BCUT2D eigenvalue weighted by molar-refractivity contribution is 6.00. The molecule has 0 bridgehead atoms. The van der Waals surface area contributed by atoms with Gasteiger partial charge in [0.15, 0.2) is 0 Å². The normalized spacial score (nSPS) is 16.8. The van der Waals surface area contributed by atoms with Gasteiger partial charge in [-0.3, -0.25) is 9.58 Å². The van der Waals surface area contributed by atoms with Crippen molar-refractivity contribution >= 4 is 17.0 Å². The molecule has 3 aromatic heterocycles. The van der Waals surface area contributed by atoms with Crippen LogP contribution in [0, 0.1) is 17.1 Å². The first-order valence-electron chi connectivity index (χ1n) is 16.1. The Kier molecular flexibility index (Phi) is 8.88. The number of hydrogen-bond donors (Lipinski definition) is 0. The van der Waals surface area contributed by atoms with Crippen molar-refractivity contribution in [2.24, 2.45) is 7.05 Å². The monoisotopic (exact) mass is 649 g/mol. The van der Waals surface area contributed by atoms with Gasteiger partial charge in [0.1, 0.15) is 18.2 Å². The molecule has 5 aromatic rings. The summed E-state index contributed by atoms with van der Waals surface area (Å²) in [4.78, 5) is 25.1. The van der Waals surface area contributed by atoms with Crippen molar-refractivity contribution in [3.63, 3.8) is 0 Å². The summed E-state index contributed by atoms with van der Waals surface area (Å²) in [6.07, 6.45) is 4.78. The van der Waals surface area contributed by atoms with Crippen molar-refractivity contribution in [3.05, 3.63) is 94.8 Å². The summed E-state index contributed by atoms with van der Waals surface area (Å²) in [5.41, 5.74) is 5.25. The lowest BCUT2D eigenvalue weighted by Crippen LogP contribution is -2.35. The zero-order chi connectivity index (χ0) is 33.2. The van der Waals surface area contributed by atoms with Gasteiger partial charge in [-0.1, -0.05) is 12.1 Å². The molecule has 0 N–H and O–H groups in total. The van der Waals surface area contributed by atoms with Crippen molar-refractivity contribution < 1.29 is 23.4 Å². The first-order chi connectivity index (χ1) is 23.4. The van der Waals surface area contributed by atoms with Crippen molar-refractivity contribution in [1.82, 2.24) is 29.2 Å². The maximum atomic E-state index is 14.3. The van der Waals surface area contributed by atoms with Crippen LogP contribution in [0.5, 0.6) is 5.88 Å². The zero-order valence-electron chi connectivity index (χ0n) is 26.9. The number of carbonyl (C=O) groups is 1. The Morgan fingerprint density at radius 1 is 1.10 bits per heavy atom. The van der Waals surface area contributed by atoms with Crippen LogP contribution < -0.4 is 4.74 Å². The number of pyridine rings is 1. The van der Waals surface area contributed by atoms with E-state index in [0.717, 1.165) is 72.8 Å². The fourth-order valence-corrected chi connectivity index (χ4v) is 6.43. The number of aryl methyl sites for hydroxylation is 1. The highest BCUT2D eigenvalue weighted by Crippen LogP contribution is 2.33. The number of ether oxygens (including phenoxy) is 3. The minimum Gasteiger partial charge on any atom is -0.473 e. The number of esters is 1. The summed E-state index contributed by atoms with van der Waals surface area (Å²) in [7, 11) is 3.25. The van der Waals surface area contributed by atoms with Gasteiger partial charge < -0.3 is 18.8 Å². The predicted octanol–water partition coefficient (Wildman–Crippen LogP) is 5.38. The summed E-state index contributed by atoms with van der Waals surface area (Å²) < 4.78 is 35.0. The van der Waals surface area contributed by atoms with Gasteiger partial charge in [-0.25, -0.2) is 19.2 Å². The number of benzene rings is 2. The van der Waals surface area contributed by atoms with Crippen LogP contribution in [0.15, 0.2) is 60.8 Å². The molecule has 0 amide bonds. The van der Waals surface area contributed by atoms with Gasteiger partial charge in [-0.05, 0) is 68.8 Å². The lowest BCUT2D eigenvalue weighted by molar-refractivity contribution is -0.0592. The second kappa shape index (κ2) is 13.5. The lowest BCUT2D eigenvalue weighted by Gasteiger charge is -2.32. The maximum absolute atomic E-state index is 14.3. The number of rotatable bonds is 10. The largest absolute Gasteiger partial charge is 0.473 e. The molecule has 0 saturated carbocycles. The highest BCUT2D eigenvalue weighted by atomic mass is 19.1. The minimum absolute atomic E-state index is 0.0303. The lowest BCUT2D eigenvalue weighted by atomic mass is 9.93. The Labute approximate surface area is 277 Å². The third-order valence-electron chi connectivity index (χ3n) is 9.20. The van der Waals surface area contributed by atoms with Crippen molar-refractivity contribution in [2.75, 3.05) is 26.8 Å². The number of piperidine rings is 1. The Hall–Kier alpha value is -5.12. The highest BCUT2D eigenvalue weighted by Gasteiger charge is 2.28. The van der Waals surface area contributed by atoms with Gasteiger partial charge >= 0.3 is 5.97 Å². The summed E-state index contributed by atoms with van der Waals surface area (Å²) >= 11 is 0. The summed E-state index contributed by atoms with van der Waals surface area (Å²) in [6.45, 7) is 3.80. The standard InChI is InChI=1S/C36H36FN7O4/c1-42-12-10-31(41-42)28-17-26(36(45)46-2)18-32-35(28)40-33(44(32)20-27-11-15-47-27)21-43-13-8-24(9-14-43)30-4-3-5-34(39-30)48-22-25-7-6-23(19-38)16-29(25)37/h3-7,10,12,16-18,24,27H,8-9,11,13-15,20-22H2,1-2H3/t27-/m0/s1. The molecule has 0 unspecified atom stereocenters. The van der Waals surface area contributed by atoms with Gasteiger partial charge in [-0.15, -0.1) is 0 Å². The van der Waals surface area contributed by atoms with E-state index >= 15 is 0 Å². The Balaban J connectivity index is 1.08. The minimum atomic E-state index is -0.469. The van der Waals surface area contributed by atoms with Gasteiger partial charge in [0, 0.05) is 48.7 Å². The number of nitrogens with zero attached hydrogens (tertiary/aromatic N) is 7. The van der Waals surface area contributed by atoms with Crippen molar-refractivity contribution in [2.45, 2.75) is 51.0 Å². The summed E-state index contributed by atoms with van der Waals surface area (Å²) in [6, 6.07) is 17.6. The predicted molar refractivity (Wildman–Crippen MR) is 175 cm³/mol. The Bertz CT molecular complexity index is 2000. The first-order valence-corrected chi connectivity index (χ1v) is 16.1. The van der Waals surface area contributed by atoms with Gasteiger partial charge in [0.2, 0.25) is 5.88 Å². The average molecular weight is 650 g/mol. The van der Waals surface area contributed by atoms with Crippen LogP contribution in [0.2, 0.25) is 0 Å². The second-order valence-electron chi connectivity index (χ2n) is 12.3. The number of nitriles is 1. The molecule has 7 rings (SSSR count). The van der Waals surface area contributed by atoms with Crippen LogP contribution >= 0.6 is 0 Å². The van der Waals surface area contributed by atoms with E-state index in [1.165, 1.54) is 13.2 Å². The van der Waals surface area contributed by atoms with E-state index in [9.17, 15) is 9.18 Å². The summed E-state index contributed by atoms with van der Waals surface area (Å²) in [5, 5.41) is 13.6. The smallest absolute Gasteiger partial charge is 0.337 e. The molecule has 2 aliphatic heterocycles. The van der Waals surface area contributed by atoms with E-state index in [-0.39, 0.29) is 24.2 Å². The van der Waals surface area contributed by atoms with E-state index in [1.54, 1.807) is 22.9 Å². The third-order valence-corrected chi connectivity index (χ3v) is 9.20. The zero-order valence-corrected chi connectivity index (χ0v) is 26.9. The van der Waals surface area contributed by atoms with Crippen LogP contribution in [0.25, 0.3) is 22.3 Å². The van der Waals surface area contributed by atoms with Crippen LogP contribution in [-0.4, -0.2) is 68.1 Å². The van der Waals surface area contributed by atoms with Crippen molar-refractivity contribution in [1.29, 1.82) is 5.26 Å². The number of likely N-dealkylation sites (tertiary alicyclic amines) is 1. The van der Waals surface area contributed by atoms with Gasteiger partial charge in [0.25, 0.3) is 0 Å². The van der Waals surface area contributed by atoms with Crippen LogP contribution in [0.3, 0.4) is 0 Å². The second-order valence-corrected chi connectivity index (χ2v) is 12.3. The number of imidazole rings is 1. The molecule has 0 aliphatic carbocycles. The molecule has 0 spiro atoms. The number of methoxy groups -OCH3 is 1. The molecule has 2 aromatic carbocycles. The van der Waals surface area contributed by atoms with E-state index < -0.39 is 11.8 Å². The summed E-state index contributed by atoms with van der Waals surface area (Å²) in [5.74, 6) is 0.748. The van der Waals surface area contributed by atoms with Gasteiger partial charge in [-0.2, -0.15) is 10.4 Å². The van der Waals surface area contributed by atoms with Crippen LogP contribution in [0.4, 0.5) is 4.39 Å². The number of fused-ring (bicyclic) bond motifs is 1. The van der Waals surface area contributed by atoms with Crippen LogP contribution in [-0.2, 0) is 36.2 Å². The van der Waals surface area contributed by atoms with E-state index in [2.05, 4.69) is 14.6 Å². The molecule has 2 fully saturated rings. The van der Waals surface area contributed by atoms with Gasteiger partial charge in [0.05, 0.1) is 60.2 Å². The number of halogens is 1. The molecule has 48 heavy (non-hydrogen) atoms. The van der Waals surface area contributed by atoms with E-state index in [4.69, 9.17) is 29.4 Å². The quantitative estimate of drug-likeness (QED) is 0.184. The molecule has 246 valence electrons. The number of hydrogen-bond acceptors (Lipinski definition) is 9. The van der Waals surface area contributed by atoms with E-state index in [1.807, 2.05) is 49.6 Å². The fraction of sp³-hybridized carbons (Fsp3) is 0.361. The maximum Gasteiger partial charge on any atom is 0.337 e. The van der Waals surface area contributed by atoms with E-state index in [0.29, 0.717) is 30.1 Å². The molecule has 1 atom stereocenters. The molecule has 5 heterocycles. The molecule has 11 nitrogen and oxygen atoms in total. The molecule has 2 saturated heterocycles. The molecule has 2 aliphatic rings. The third kappa shape index (κ3) is 6.52. The molecule has 0 radical (unpaired) electrons.